The Morgan fingerprint density at radius 3 is 2.27 bits per heavy atom. The van der Waals surface area contributed by atoms with Gasteiger partial charge in [0.05, 0.1) is 11.8 Å². The molecule has 6 aromatic carbocycles. The van der Waals surface area contributed by atoms with Gasteiger partial charge >= 0.3 is 0 Å². The van der Waals surface area contributed by atoms with Crippen molar-refractivity contribution < 1.29 is 0 Å². The number of rotatable bonds is 3. The second kappa shape index (κ2) is 10.5. The predicted octanol–water partition coefficient (Wildman–Crippen LogP) is 10.3. The highest BCUT2D eigenvalue weighted by Gasteiger charge is 2.24. The zero-order valence-corrected chi connectivity index (χ0v) is 24.0. The fourth-order valence-electron chi connectivity index (χ4n) is 6.04. The molecule has 2 atom stereocenters. The molecule has 0 bridgehead atoms. The topological polar surface area (TPSA) is 24.7 Å². The molecule has 7 rings (SSSR count). The van der Waals surface area contributed by atoms with E-state index in [0.29, 0.717) is 5.92 Å². The first-order valence-electron chi connectivity index (χ1n) is 14.0. The number of hydrogen-bond donors (Lipinski definition) is 0. The molecule has 194 valence electrons. The smallest absolute Gasteiger partial charge is 0.156 e. The van der Waals surface area contributed by atoms with Gasteiger partial charge in [0.15, 0.2) is 5.84 Å². The van der Waals surface area contributed by atoms with Gasteiger partial charge in [-0.1, -0.05) is 132 Å². The van der Waals surface area contributed by atoms with E-state index in [1.165, 1.54) is 38.1 Å². The molecule has 0 saturated carbocycles. The lowest BCUT2D eigenvalue weighted by molar-refractivity contribution is 0.446. The third kappa shape index (κ3) is 4.55. The summed E-state index contributed by atoms with van der Waals surface area (Å²) in [7, 11) is 0. The summed E-state index contributed by atoms with van der Waals surface area (Å²) in [6, 6.07) is 43.4. The van der Waals surface area contributed by atoms with Gasteiger partial charge in [0, 0.05) is 10.0 Å². The minimum atomic E-state index is 0.0480. The highest BCUT2D eigenvalue weighted by molar-refractivity contribution is 9.10. The Kier molecular flexibility index (Phi) is 6.53. The summed E-state index contributed by atoms with van der Waals surface area (Å²) < 4.78 is 1.08. The standard InChI is InChI=1S/C37H29BrN2/c1-24-17-22-35(28-20-21-30-27(23-28)19-18-25-9-5-6-12-29(25)30)39-37(40-36(24)26-10-3-2-4-11-26)33-15-7-14-32-31(33)13-8-16-34(32)38/h2-16,18-21,23-24,36H,17,22H2,1H3. The second-order valence-corrected chi connectivity index (χ2v) is 11.6. The van der Waals surface area contributed by atoms with Crippen molar-refractivity contribution in [2.45, 2.75) is 25.8 Å². The van der Waals surface area contributed by atoms with Crippen molar-refractivity contribution in [1.82, 2.24) is 0 Å². The van der Waals surface area contributed by atoms with Gasteiger partial charge in [-0.25, -0.2) is 4.99 Å². The maximum absolute atomic E-state index is 5.43. The van der Waals surface area contributed by atoms with E-state index >= 15 is 0 Å². The minimum Gasteiger partial charge on any atom is -0.258 e. The number of halogens is 1. The molecular formula is C37H29BrN2. The summed E-state index contributed by atoms with van der Waals surface area (Å²) in [6.45, 7) is 2.33. The molecule has 0 spiro atoms. The highest BCUT2D eigenvalue weighted by atomic mass is 79.9. The molecule has 0 aromatic heterocycles. The normalized spacial score (nSPS) is 17.9. The quantitative estimate of drug-likeness (QED) is 0.186. The van der Waals surface area contributed by atoms with Crippen LogP contribution in [0, 0.1) is 5.92 Å². The molecule has 2 nitrogen and oxygen atoms in total. The SMILES string of the molecule is CC1CCC(c2ccc3c(ccc4ccccc43)c2)=NC(c2cccc3c(Br)cccc23)=NC1c1ccccc1. The zero-order valence-electron chi connectivity index (χ0n) is 22.4. The molecule has 3 heteroatoms. The molecule has 2 unspecified atom stereocenters. The maximum atomic E-state index is 5.43. The first kappa shape index (κ1) is 24.9. The van der Waals surface area contributed by atoms with Gasteiger partial charge in [0.25, 0.3) is 0 Å². The minimum absolute atomic E-state index is 0.0480. The van der Waals surface area contributed by atoms with Gasteiger partial charge in [0.1, 0.15) is 0 Å². The molecule has 0 saturated heterocycles. The van der Waals surface area contributed by atoms with E-state index in [-0.39, 0.29) is 6.04 Å². The fourth-order valence-corrected chi connectivity index (χ4v) is 6.54. The Balaban J connectivity index is 1.43. The van der Waals surface area contributed by atoms with E-state index in [4.69, 9.17) is 9.98 Å². The predicted molar refractivity (Wildman–Crippen MR) is 174 cm³/mol. The molecule has 0 radical (unpaired) electrons. The van der Waals surface area contributed by atoms with Gasteiger partial charge < -0.3 is 0 Å². The maximum Gasteiger partial charge on any atom is 0.156 e. The number of nitrogens with zero attached hydrogens (tertiary/aromatic N) is 2. The summed E-state index contributed by atoms with van der Waals surface area (Å²) >= 11 is 3.75. The van der Waals surface area contributed by atoms with E-state index in [1.807, 2.05) is 0 Å². The van der Waals surface area contributed by atoms with E-state index in [0.717, 1.165) is 39.8 Å². The van der Waals surface area contributed by atoms with Gasteiger partial charge in [-0.15, -0.1) is 0 Å². The molecule has 1 aliphatic rings. The Morgan fingerprint density at radius 2 is 1.38 bits per heavy atom. The van der Waals surface area contributed by atoms with Gasteiger partial charge in [-0.05, 0) is 74.3 Å². The van der Waals surface area contributed by atoms with Crippen molar-refractivity contribution in [3.8, 4) is 0 Å². The van der Waals surface area contributed by atoms with Crippen LogP contribution in [0.25, 0.3) is 32.3 Å². The molecule has 1 aliphatic heterocycles. The van der Waals surface area contributed by atoms with Crippen LogP contribution in [-0.2, 0) is 0 Å². The van der Waals surface area contributed by atoms with E-state index in [9.17, 15) is 0 Å². The third-order valence-electron chi connectivity index (χ3n) is 8.21. The molecule has 0 amide bonds. The van der Waals surface area contributed by atoms with Gasteiger partial charge in [-0.2, -0.15) is 0 Å². The van der Waals surface area contributed by atoms with Crippen molar-refractivity contribution in [2.75, 3.05) is 0 Å². The molecule has 1 heterocycles. The lowest BCUT2D eigenvalue weighted by Gasteiger charge is -2.25. The Hall–Kier alpha value is -4.08. The zero-order chi connectivity index (χ0) is 27.1. The van der Waals surface area contributed by atoms with Crippen molar-refractivity contribution in [1.29, 1.82) is 0 Å². The Labute approximate surface area is 243 Å². The lowest BCUT2D eigenvalue weighted by Crippen LogP contribution is -2.18. The lowest BCUT2D eigenvalue weighted by atomic mass is 9.88. The van der Waals surface area contributed by atoms with Crippen LogP contribution in [0.3, 0.4) is 0 Å². The molecule has 0 fully saturated rings. The summed E-state index contributed by atoms with van der Waals surface area (Å²) in [5.41, 5.74) is 4.57. The summed E-state index contributed by atoms with van der Waals surface area (Å²) in [4.78, 5) is 10.8. The average molecular weight is 582 g/mol. The van der Waals surface area contributed by atoms with E-state index in [1.54, 1.807) is 0 Å². The first-order chi connectivity index (χ1) is 19.7. The van der Waals surface area contributed by atoms with Crippen LogP contribution in [-0.4, -0.2) is 11.5 Å². The van der Waals surface area contributed by atoms with E-state index < -0.39 is 0 Å². The second-order valence-electron chi connectivity index (χ2n) is 10.7. The van der Waals surface area contributed by atoms with Crippen molar-refractivity contribution in [2.24, 2.45) is 15.9 Å². The molecule has 0 N–H and O–H groups in total. The first-order valence-corrected chi connectivity index (χ1v) is 14.7. The third-order valence-corrected chi connectivity index (χ3v) is 8.90. The number of aliphatic imine (C=N–C) groups is 2. The van der Waals surface area contributed by atoms with Crippen molar-refractivity contribution in [3.63, 3.8) is 0 Å². The summed E-state index contributed by atoms with van der Waals surface area (Å²) in [6.07, 6.45) is 1.92. The number of amidine groups is 1. The molecule has 40 heavy (non-hydrogen) atoms. The molecular weight excluding hydrogens is 552 g/mol. The summed E-state index contributed by atoms with van der Waals surface area (Å²) in [5.74, 6) is 1.17. The van der Waals surface area contributed by atoms with Crippen molar-refractivity contribution in [3.05, 3.63) is 142 Å². The van der Waals surface area contributed by atoms with Crippen molar-refractivity contribution >= 4 is 59.8 Å². The van der Waals surface area contributed by atoms with Crippen LogP contribution in [0.1, 0.15) is 42.5 Å². The van der Waals surface area contributed by atoms with Crippen LogP contribution in [0.5, 0.6) is 0 Å². The summed E-state index contributed by atoms with van der Waals surface area (Å²) in [5, 5.41) is 7.40. The highest BCUT2D eigenvalue weighted by Crippen LogP contribution is 2.35. The fraction of sp³-hybridized carbons (Fsp3) is 0.135. The largest absolute Gasteiger partial charge is 0.258 e. The number of benzene rings is 6. The Bertz CT molecular complexity index is 1940. The van der Waals surface area contributed by atoms with E-state index in [2.05, 4.69) is 144 Å². The monoisotopic (exact) mass is 580 g/mol. The Morgan fingerprint density at radius 1 is 0.650 bits per heavy atom. The van der Waals surface area contributed by atoms with Crippen LogP contribution in [0.4, 0.5) is 0 Å². The van der Waals surface area contributed by atoms with Gasteiger partial charge in [0.2, 0.25) is 0 Å². The number of hydrogen-bond acceptors (Lipinski definition) is 2. The number of fused-ring (bicyclic) bond motifs is 4. The van der Waals surface area contributed by atoms with Crippen LogP contribution in [0.2, 0.25) is 0 Å². The van der Waals surface area contributed by atoms with Crippen LogP contribution < -0.4 is 0 Å². The van der Waals surface area contributed by atoms with Crippen LogP contribution in [0.15, 0.2) is 136 Å². The van der Waals surface area contributed by atoms with Crippen LogP contribution >= 0.6 is 15.9 Å². The molecule has 6 aromatic rings. The molecule has 0 aliphatic carbocycles. The average Bonchev–Trinajstić information content (AvgIpc) is 3.00. The van der Waals surface area contributed by atoms with Gasteiger partial charge in [-0.3, -0.25) is 4.99 Å².